The normalized spacial score (nSPS) is 21.3. The third kappa shape index (κ3) is 3.44. The van der Waals surface area contributed by atoms with Gasteiger partial charge >= 0.3 is 0 Å². The number of nitrogens with one attached hydrogen (secondary N) is 1. The van der Waals surface area contributed by atoms with Gasteiger partial charge in [0.2, 0.25) is 0 Å². The minimum Gasteiger partial charge on any atom is -0.380 e. The number of benzene rings is 1. The second kappa shape index (κ2) is 7.47. The average Bonchev–Trinajstić information content (AvgIpc) is 3.30. The minimum atomic E-state index is -0.00727. The van der Waals surface area contributed by atoms with E-state index in [0.717, 1.165) is 29.8 Å². The molecule has 0 unspecified atom stereocenters. The molecule has 2 aliphatic rings. The Morgan fingerprint density at radius 3 is 3.07 bits per heavy atom. The lowest BCUT2D eigenvalue weighted by Gasteiger charge is -2.22. The van der Waals surface area contributed by atoms with E-state index in [9.17, 15) is 4.79 Å². The second-order valence-electron chi connectivity index (χ2n) is 6.98. The number of hydrogen-bond donors (Lipinski definition) is 1. The van der Waals surface area contributed by atoms with Crippen LogP contribution >= 0.6 is 0 Å². The van der Waals surface area contributed by atoms with Gasteiger partial charge < -0.3 is 15.0 Å². The summed E-state index contributed by atoms with van der Waals surface area (Å²) in [5.41, 5.74) is 3.65. The zero-order valence-corrected chi connectivity index (χ0v) is 15.3. The van der Waals surface area contributed by atoms with Crippen molar-refractivity contribution in [3.63, 3.8) is 0 Å². The largest absolute Gasteiger partial charge is 0.380 e. The van der Waals surface area contributed by atoms with Crippen molar-refractivity contribution < 1.29 is 9.53 Å². The van der Waals surface area contributed by atoms with Gasteiger partial charge in [-0.3, -0.25) is 4.79 Å². The number of ether oxygens (including phenoxy) is 1. The van der Waals surface area contributed by atoms with Gasteiger partial charge in [0.25, 0.3) is 5.91 Å². The molecular weight excluding hydrogens is 340 g/mol. The van der Waals surface area contributed by atoms with Crippen molar-refractivity contribution in [3.05, 3.63) is 53.2 Å². The number of pyridine rings is 1. The Morgan fingerprint density at radius 2 is 2.26 bits per heavy atom. The molecule has 1 aromatic carbocycles. The van der Waals surface area contributed by atoms with Gasteiger partial charge in [0, 0.05) is 42.9 Å². The van der Waals surface area contributed by atoms with E-state index < -0.39 is 0 Å². The maximum absolute atomic E-state index is 13.0. The van der Waals surface area contributed by atoms with E-state index in [4.69, 9.17) is 10.00 Å². The number of amides is 1. The van der Waals surface area contributed by atoms with E-state index >= 15 is 0 Å². The average molecular weight is 362 g/mol. The Hall–Kier alpha value is -2.75. The summed E-state index contributed by atoms with van der Waals surface area (Å²) in [5.74, 6) is -0.00727. The number of rotatable bonds is 5. The van der Waals surface area contributed by atoms with Crippen LogP contribution in [0.25, 0.3) is 11.3 Å². The molecule has 27 heavy (non-hydrogen) atoms. The first kappa shape index (κ1) is 17.7. The highest BCUT2D eigenvalue weighted by atomic mass is 16.5. The molecule has 2 atom stereocenters. The topological polar surface area (TPSA) is 78.2 Å². The predicted molar refractivity (Wildman–Crippen MR) is 101 cm³/mol. The van der Waals surface area contributed by atoms with Gasteiger partial charge in [-0.2, -0.15) is 5.26 Å². The standard InChI is InChI=1S/C21H22N4O2/c1-2-27-13-17-9-18(11-23-17)25-12-16-6-7-19(24-20(16)21(25)26)15-5-3-4-14(8-15)10-22/h3-8,17-18,23H,2,9,11-13H2,1H3/t17-,18+/m0/s1. The zero-order valence-electron chi connectivity index (χ0n) is 15.3. The molecule has 0 saturated carbocycles. The molecular formula is C21H22N4O2. The summed E-state index contributed by atoms with van der Waals surface area (Å²) in [7, 11) is 0. The molecule has 0 aliphatic carbocycles. The fourth-order valence-corrected chi connectivity index (χ4v) is 3.82. The third-order valence-electron chi connectivity index (χ3n) is 5.23. The van der Waals surface area contributed by atoms with E-state index in [1.807, 2.05) is 36.1 Å². The minimum absolute atomic E-state index is 0.00727. The lowest BCUT2D eigenvalue weighted by Crippen LogP contribution is -2.37. The molecule has 6 heteroatoms. The van der Waals surface area contributed by atoms with Crippen LogP contribution in [0, 0.1) is 11.3 Å². The Labute approximate surface area is 158 Å². The first-order valence-corrected chi connectivity index (χ1v) is 9.32. The first-order valence-electron chi connectivity index (χ1n) is 9.32. The molecule has 6 nitrogen and oxygen atoms in total. The Balaban J connectivity index is 1.52. The summed E-state index contributed by atoms with van der Waals surface area (Å²) in [6.07, 6.45) is 0.900. The van der Waals surface area contributed by atoms with Crippen LogP contribution < -0.4 is 5.32 Å². The number of nitriles is 1. The number of aromatic nitrogens is 1. The van der Waals surface area contributed by atoms with Crippen molar-refractivity contribution in [3.8, 4) is 17.3 Å². The van der Waals surface area contributed by atoms with E-state index in [2.05, 4.69) is 16.4 Å². The van der Waals surface area contributed by atoms with Crippen molar-refractivity contribution >= 4 is 5.91 Å². The first-order chi connectivity index (χ1) is 13.2. The molecule has 1 saturated heterocycles. The quantitative estimate of drug-likeness (QED) is 0.883. The molecule has 0 bridgehead atoms. The SMILES string of the molecule is CCOC[C@@H]1C[C@@H](N2Cc3ccc(-c4cccc(C#N)c4)nc3C2=O)CN1. The number of nitrogens with zero attached hydrogens (tertiary/aromatic N) is 3. The monoisotopic (exact) mass is 362 g/mol. The van der Waals surface area contributed by atoms with Crippen LogP contribution in [0.15, 0.2) is 36.4 Å². The van der Waals surface area contributed by atoms with Gasteiger partial charge in [0.15, 0.2) is 0 Å². The molecule has 1 N–H and O–H groups in total. The predicted octanol–water partition coefficient (Wildman–Crippen LogP) is 2.34. The molecule has 1 fully saturated rings. The molecule has 2 aromatic rings. The molecule has 138 valence electrons. The fourth-order valence-electron chi connectivity index (χ4n) is 3.82. The highest BCUT2D eigenvalue weighted by molar-refractivity contribution is 5.97. The Kier molecular flexibility index (Phi) is 4.88. The maximum atomic E-state index is 13.0. The van der Waals surface area contributed by atoms with Crippen LogP contribution in [0.1, 0.15) is 35.0 Å². The molecule has 0 spiro atoms. The van der Waals surface area contributed by atoms with Gasteiger partial charge in [-0.1, -0.05) is 18.2 Å². The summed E-state index contributed by atoms with van der Waals surface area (Å²) in [6.45, 7) is 4.76. The highest BCUT2D eigenvalue weighted by Crippen LogP contribution is 2.29. The van der Waals surface area contributed by atoms with Crippen LogP contribution in [0.4, 0.5) is 0 Å². The number of carbonyl (C=O) groups is 1. The number of fused-ring (bicyclic) bond motifs is 1. The summed E-state index contributed by atoms with van der Waals surface area (Å²) in [4.78, 5) is 19.5. The molecule has 4 rings (SSSR count). The van der Waals surface area contributed by atoms with Gasteiger partial charge in [-0.15, -0.1) is 0 Å². The highest BCUT2D eigenvalue weighted by Gasteiger charge is 2.37. The van der Waals surface area contributed by atoms with Crippen LogP contribution in [0.3, 0.4) is 0 Å². The van der Waals surface area contributed by atoms with E-state index in [0.29, 0.717) is 37.1 Å². The molecule has 0 radical (unpaired) electrons. The van der Waals surface area contributed by atoms with E-state index in [1.165, 1.54) is 0 Å². The van der Waals surface area contributed by atoms with Crippen LogP contribution in [-0.2, 0) is 11.3 Å². The van der Waals surface area contributed by atoms with Crippen LogP contribution in [0.2, 0.25) is 0 Å². The fraction of sp³-hybridized carbons (Fsp3) is 0.381. The van der Waals surface area contributed by atoms with Gasteiger partial charge in [-0.05, 0) is 31.5 Å². The van der Waals surface area contributed by atoms with Gasteiger partial charge in [0.1, 0.15) is 5.69 Å². The Morgan fingerprint density at radius 1 is 1.37 bits per heavy atom. The van der Waals surface area contributed by atoms with Crippen molar-refractivity contribution in [2.24, 2.45) is 0 Å². The summed E-state index contributed by atoms with van der Waals surface area (Å²) >= 11 is 0. The molecule has 1 aromatic heterocycles. The van der Waals surface area contributed by atoms with Crippen LogP contribution in [0.5, 0.6) is 0 Å². The maximum Gasteiger partial charge on any atom is 0.273 e. The number of carbonyl (C=O) groups excluding carboxylic acids is 1. The van der Waals surface area contributed by atoms with Crippen molar-refractivity contribution in [2.75, 3.05) is 19.8 Å². The summed E-state index contributed by atoms with van der Waals surface area (Å²) < 4.78 is 5.50. The van der Waals surface area contributed by atoms with Crippen molar-refractivity contribution in [1.82, 2.24) is 15.2 Å². The lowest BCUT2D eigenvalue weighted by atomic mass is 10.1. The second-order valence-corrected chi connectivity index (χ2v) is 6.98. The van der Waals surface area contributed by atoms with Gasteiger partial charge in [0.05, 0.1) is 23.9 Å². The number of hydrogen-bond acceptors (Lipinski definition) is 5. The smallest absolute Gasteiger partial charge is 0.273 e. The van der Waals surface area contributed by atoms with Crippen LogP contribution in [-0.4, -0.2) is 47.6 Å². The van der Waals surface area contributed by atoms with E-state index in [-0.39, 0.29) is 11.9 Å². The molecule has 1 amide bonds. The Bertz CT molecular complexity index is 905. The summed E-state index contributed by atoms with van der Waals surface area (Å²) in [5, 5.41) is 12.5. The zero-order chi connectivity index (χ0) is 18.8. The van der Waals surface area contributed by atoms with Crippen molar-refractivity contribution in [2.45, 2.75) is 32.0 Å². The van der Waals surface area contributed by atoms with Crippen molar-refractivity contribution in [1.29, 1.82) is 5.26 Å². The summed E-state index contributed by atoms with van der Waals surface area (Å²) in [6, 6.07) is 13.8. The molecule has 3 heterocycles. The third-order valence-corrected chi connectivity index (χ3v) is 5.23. The molecule has 2 aliphatic heterocycles. The lowest BCUT2D eigenvalue weighted by molar-refractivity contribution is 0.0704. The van der Waals surface area contributed by atoms with E-state index in [1.54, 1.807) is 12.1 Å². The van der Waals surface area contributed by atoms with Gasteiger partial charge in [-0.25, -0.2) is 4.98 Å².